The Kier molecular flexibility index (Phi) is 9.39. The number of rotatable bonds is 10. The molecule has 2 aromatic carbocycles. The monoisotopic (exact) mass is 657 g/mol. The second-order valence-electron chi connectivity index (χ2n) is 11.9. The molecular formula is C32H35NO14. The predicted octanol–water partition coefficient (Wildman–Crippen LogP) is 0.414. The number of aliphatic carboxylic acids is 1. The van der Waals surface area contributed by atoms with Crippen molar-refractivity contribution >= 4 is 29.2 Å². The molecule has 15 nitrogen and oxygen atoms in total. The third-order valence-corrected chi connectivity index (χ3v) is 8.90. The Hall–Kier alpha value is -4.41. The highest BCUT2D eigenvalue weighted by Gasteiger charge is 2.50. The summed E-state index contributed by atoms with van der Waals surface area (Å²) >= 11 is 0. The van der Waals surface area contributed by atoms with Crippen LogP contribution in [-0.2, 0) is 30.3 Å². The number of phenolic OH excluding ortho intramolecular Hbond substituents is 2. The number of aliphatic hydroxyl groups excluding tert-OH is 2. The molecule has 252 valence electrons. The summed E-state index contributed by atoms with van der Waals surface area (Å²) in [5.74, 6) is -5.72. The molecule has 0 radical (unpaired) electrons. The number of methoxy groups -OCH3 is 1. The van der Waals surface area contributed by atoms with Crippen LogP contribution < -0.4 is 10.1 Å². The van der Waals surface area contributed by atoms with Crippen LogP contribution in [0, 0.1) is 0 Å². The number of hydrogen-bond donors (Lipinski definition) is 7. The fourth-order valence-electron chi connectivity index (χ4n) is 6.54. The highest BCUT2D eigenvalue weighted by atomic mass is 16.7. The lowest BCUT2D eigenvalue weighted by Gasteiger charge is -2.43. The molecule has 6 atom stereocenters. The number of carboxylic acid groups (broad SMARTS) is 1. The second-order valence-corrected chi connectivity index (χ2v) is 11.9. The molecule has 0 bridgehead atoms. The molecule has 15 heteroatoms. The van der Waals surface area contributed by atoms with E-state index in [4.69, 9.17) is 19.3 Å². The predicted molar refractivity (Wildman–Crippen MR) is 157 cm³/mol. The van der Waals surface area contributed by atoms with Crippen molar-refractivity contribution in [2.75, 3.05) is 13.7 Å². The standard InChI is InChI=1S/C32H35NO14/c1-13-27(39)16(33-20(36)7-4-8-21(37)38)9-22(46-13)47-18-11-32(44,19(35)12-34)10-15-24(18)31(43)26-25(29(15)41)28(40)14-5-3-6-17(45-2)23(14)30(26)42/h3,5-6,13,16,18,22,27,34,39,41,43-44H,4,7-12H2,1-2H3,(H,33,36)(H,37,38)/t13-,16-,18-,22-,27+,32-/m0/s1. The van der Waals surface area contributed by atoms with Crippen molar-refractivity contribution in [2.24, 2.45) is 0 Å². The summed E-state index contributed by atoms with van der Waals surface area (Å²) in [5.41, 5.74) is -4.11. The number of Topliss-reactive ketones (excluding diaryl/α,β-unsaturated/α-hetero) is 1. The highest BCUT2D eigenvalue weighted by Crippen LogP contribution is 2.52. The number of ketones is 3. The van der Waals surface area contributed by atoms with E-state index in [9.17, 15) is 49.5 Å². The van der Waals surface area contributed by atoms with Crippen LogP contribution in [0.4, 0.5) is 0 Å². The Balaban J connectivity index is 1.54. The van der Waals surface area contributed by atoms with Gasteiger partial charge < -0.3 is 50.2 Å². The summed E-state index contributed by atoms with van der Waals surface area (Å²) in [7, 11) is 1.30. The molecule has 1 aliphatic heterocycles. The van der Waals surface area contributed by atoms with Gasteiger partial charge in [0.2, 0.25) is 11.7 Å². The lowest BCUT2D eigenvalue weighted by Crippen LogP contribution is -2.55. The zero-order valence-corrected chi connectivity index (χ0v) is 25.5. The van der Waals surface area contributed by atoms with Gasteiger partial charge in [0, 0.05) is 48.8 Å². The zero-order chi connectivity index (χ0) is 34.4. The van der Waals surface area contributed by atoms with Gasteiger partial charge in [0.15, 0.2) is 17.9 Å². The number of carbonyl (C=O) groups is 5. The molecule has 5 rings (SSSR count). The van der Waals surface area contributed by atoms with E-state index in [0.717, 1.165) is 0 Å². The van der Waals surface area contributed by atoms with Crippen LogP contribution in [0.5, 0.6) is 17.2 Å². The number of carbonyl (C=O) groups excluding carboxylic acids is 4. The minimum atomic E-state index is -2.34. The van der Waals surface area contributed by atoms with Crippen molar-refractivity contribution in [2.45, 2.75) is 81.7 Å². The molecule has 1 saturated heterocycles. The first kappa shape index (κ1) is 33.9. The lowest BCUT2D eigenvalue weighted by atomic mass is 9.72. The summed E-state index contributed by atoms with van der Waals surface area (Å²) in [4.78, 5) is 63.5. The first-order valence-corrected chi connectivity index (χ1v) is 15.0. The number of phenols is 2. The van der Waals surface area contributed by atoms with E-state index in [1.807, 2.05) is 0 Å². The van der Waals surface area contributed by atoms with Gasteiger partial charge in [0.25, 0.3) is 0 Å². The molecule has 0 saturated carbocycles. The molecule has 0 aromatic heterocycles. The first-order chi connectivity index (χ1) is 22.2. The van der Waals surface area contributed by atoms with Gasteiger partial charge in [0.05, 0.1) is 42.0 Å². The lowest BCUT2D eigenvalue weighted by molar-refractivity contribution is -0.249. The third-order valence-electron chi connectivity index (χ3n) is 8.90. The third kappa shape index (κ3) is 6.07. The zero-order valence-electron chi connectivity index (χ0n) is 25.5. The van der Waals surface area contributed by atoms with E-state index in [2.05, 4.69) is 5.32 Å². The van der Waals surface area contributed by atoms with Crippen molar-refractivity contribution in [1.82, 2.24) is 5.32 Å². The first-order valence-electron chi connectivity index (χ1n) is 15.0. The topological polar surface area (TPSA) is 246 Å². The second kappa shape index (κ2) is 13.0. The molecule has 2 aromatic rings. The van der Waals surface area contributed by atoms with E-state index in [-0.39, 0.29) is 53.7 Å². The van der Waals surface area contributed by atoms with E-state index >= 15 is 0 Å². The Morgan fingerprint density at radius 1 is 1.06 bits per heavy atom. The van der Waals surface area contributed by atoms with Gasteiger partial charge in [-0.25, -0.2) is 0 Å². The molecule has 0 unspecified atom stereocenters. The van der Waals surface area contributed by atoms with Gasteiger partial charge in [0.1, 0.15) is 35.6 Å². The Morgan fingerprint density at radius 3 is 2.43 bits per heavy atom. The van der Waals surface area contributed by atoms with Crippen molar-refractivity contribution in [3.63, 3.8) is 0 Å². The van der Waals surface area contributed by atoms with Crippen molar-refractivity contribution in [3.8, 4) is 17.2 Å². The quantitative estimate of drug-likeness (QED) is 0.146. The van der Waals surface area contributed by atoms with Crippen molar-refractivity contribution in [1.29, 1.82) is 0 Å². The fraction of sp³-hybridized carbons (Fsp3) is 0.469. The Morgan fingerprint density at radius 2 is 1.77 bits per heavy atom. The number of aliphatic hydroxyl groups is 3. The maximum absolute atomic E-state index is 13.8. The molecule has 7 N–H and O–H groups in total. The molecule has 1 heterocycles. The minimum absolute atomic E-state index is 0.0537. The average molecular weight is 658 g/mol. The highest BCUT2D eigenvalue weighted by molar-refractivity contribution is 6.31. The number of hydrogen-bond acceptors (Lipinski definition) is 13. The molecule has 1 amide bonds. The van der Waals surface area contributed by atoms with E-state index in [1.165, 1.54) is 32.2 Å². The Labute approximate surface area is 267 Å². The molecular weight excluding hydrogens is 622 g/mol. The van der Waals surface area contributed by atoms with Crippen LogP contribution in [-0.4, -0.2) is 104 Å². The van der Waals surface area contributed by atoms with Gasteiger partial charge in [-0.1, -0.05) is 12.1 Å². The summed E-state index contributed by atoms with van der Waals surface area (Å²) in [6.07, 6.45) is -6.52. The molecule has 47 heavy (non-hydrogen) atoms. The van der Waals surface area contributed by atoms with Crippen LogP contribution in [0.1, 0.15) is 88.1 Å². The average Bonchev–Trinajstić information content (AvgIpc) is 3.02. The normalized spacial score (nSPS) is 26.5. The molecule has 2 aliphatic carbocycles. The van der Waals surface area contributed by atoms with Crippen LogP contribution >= 0.6 is 0 Å². The number of ether oxygens (including phenoxy) is 3. The van der Waals surface area contributed by atoms with E-state index in [0.29, 0.717) is 0 Å². The molecule has 0 spiro atoms. The number of fused-ring (bicyclic) bond motifs is 3. The SMILES string of the molecule is COc1cccc2c1C(=O)c1c(O)c3c(c(O)c1C2=O)C[C@@](O)(C(=O)CO)C[C@@H]3O[C@H]1C[C@H](NC(=O)CCCC(=O)O)[C@H](O)[C@H](C)O1. The van der Waals surface area contributed by atoms with Gasteiger partial charge in [-0.3, -0.25) is 24.0 Å². The smallest absolute Gasteiger partial charge is 0.303 e. The summed E-state index contributed by atoms with van der Waals surface area (Å²) in [6.45, 7) is 0.416. The maximum atomic E-state index is 13.8. The van der Waals surface area contributed by atoms with Gasteiger partial charge >= 0.3 is 5.97 Å². The summed E-state index contributed by atoms with van der Waals surface area (Å²) in [5, 5.41) is 66.3. The van der Waals surface area contributed by atoms with Crippen LogP contribution in [0.2, 0.25) is 0 Å². The summed E-state index contributed by atoms with van der Waals surface area (Å²) < 4.78 is 17.2. The minimum Gasteiger partial charge on any atom is -0.507 e. The molecule has 3 aliphatic rings. The Bertz CT molecular complexity index is 1650. The molecule has 1 fully saturated rings. The number of amides is 1. The maximum Gasteiger partial charge on any atom is 0.303 e. The number of nitrogens with one attached hydrogen (secondary N) is 1. The van der Waals surface area contributed by atoms with Crippen molar-refractivity contribution < 1.29 is 68.8 Å². The van der Waals surface area contributed by atoms with E-state index in [1.54, 1.807) is 0 Å². The summed E-state index contributed by atoms with van der Waals surface area (Å²) in [6, 6.07) is 3.34. The van der Waals surface area contributed by atoms with Gasteiger partial charge in [-0.05, 0) is 19.4 Å². The van der Waals surface area contributed by atoms with Crippen LogP contribution in [0.25, 0.3) is 0 Å². The fourth-order valence-corrected chi connectivity index (χ4v) is 6.54. The van der Waals surface area contributed by atoms with Gasteiger partial charge in [-0.15, -0.1) is 0 Å². The largest absolute Gasteiger partial charge is 0.507 e. The number of aromatic hydroxyl groups is 2. The van der Waals surface area contributed by atoms with E-state index < -0.39 is 108 Å². The van der Waals surface area contributed by atoms with Gasteiger partial charge in [-0.2, -0.15) is 0 Å². The van der Waals surface area contributed by atoms with Crippen molar-refractivity contribution in [3.05, 3.63) is 51.6 Å². The number of benzene rings is 2. The number of carboxylic acids is 1. The van der Waals surface area contributed by atoms with Crippen LogP contribution in [0.15, 0.2) is 18.2 Å². The van der Waals surface area contributed by atoms with Crippen LogP contribution in [0.3, 0.4) is 0 Å².